The van der Waals surface area contributed by atoms with E-state index in [9.17, 15) is 5.26 Å². The van der Waals surface area contributed by atoms with Gasteiger partial charge in [-0.2, -0.15) is 5.26 Å². The Morgan fingerprint density at radius 1 is 1.16 bits per heavy atom. The maximum Gasteiger partial charge on any atom is 0.204 e. The highest BCUT2D eigenvalue weighted by Crippen LogP contribution is 2.37. The van der Waals surface area contributed by atoms with E-state index in [2.05, 4.69) is 11.0 Å². The van der Waals surface area contributed by atoms with E-state index in [1.165, 1.54) is 0 Å². The molecule has 1 saturated heterocycles. The van der Waals surface area contributed by atoms with Gasteiger partial charge in [-0.1, -0.05) is 30.3 Å². The van der Waals surface area contributed by atoms with Crippen LogP contribution in [-0.4, -0.2) is 31.2 Å². The van der Waals surface area contributed by atoms with Gasteiger partial charge in [0.15, 0.2) is 0 Å². The van der Waals surface area contributed by atoms with Gasteiger partial charge in [-0.25, -0.2) is 0 Å². The molecule has 98 valence electrons. The Balaban J connectivity index is 1.78. The van der Waals surface area contributed by atoms with Crippen LogP contribution in [0.15, 0.2) is 41.8 Å². The number of nitrogens with zero attached hydrogens (tertiary/aromatic N) is 2. The molecule has 2 aliphatic rings. The SMILES string of the molecule is N#CC1=C(N2CCOCC2)OC(c2ccccc2)C1. The van der Waals surface area contributed by atoms with E-state index < -0.39 is 0 Å². The zero-order chi connectivity index (χ0) is 13.1. The standard InChI is InChI=1S/C15H16N2O2/c16-11-13-10-14(12-4-2-1-3-5-12)19-15(13)17-6-8-18-9-7-17/h1-5,14H,6-10H2. The summed E-state index contributed by atoms with van der Waals surface area (Å²) in [6.45, 7) is 2.98. The molecule has 4 heteroatoms. The quantitative estimate of drug-likeness (QED) is 0.814. The molecule has 0 aromatic heterocycles. The summed E-state index contributed by atoms with van der Waals surface area (Å²) in [6.07, 6.45) is 0.626. The van der Waals surface area contributed by atoms with Crippen LogP contribution in [0, 0.1) is 11.3 Å². The molecule has 0 spiro atoms. The van der Waals surface area contributed by atoms with Gasteiger partial charge in [0.25, 0.3) is 0 Å². The van der Waals surface area contributed by atoms with Crippen molar-refractivity contribution in [1.29, 1.82) is 5.26 Å². The van der Waals surface area contributed by atoms with E-state index in [-0.39, 0.29) is 6.10 Å². The third kappa shape index (κ3) is 2.42. The molecule has 0 saturated carbocycles. The lowest BCUT2D eigenvalue weighted by Gasteiger charge is -2.29. The fourth-order valence-electron chi connectivity index (χ4n) is 2.50. The molecule has 1 fully saturated rings. The molecule has 0 bridgehead atoms. The van der Waals surface area contributed by atoms with Crippen molar-refractivity contribution in [2.24, 2.45) is 0 Å². The van der Waals surface area contributed by atoms with E-state index in [0.29, 0.717) is 19.6 Å². The van der Waals surface area contributed by atoms with Gasteiger partial charge in [0, 0.05) is 19.5 Å². The Labute approximate surface area is 112 Å². The lowest BCUT2D eigenvalue weighted by molar-refractivity contribution is 0.00457. The van der Waals surface area contributed by atoms with Crippen LogP contribution < -0.4 is 0 Å². The first-order valence-corrected chi connectivity index (χ1v) is 6.56. The van der Waals surface area contributed by atoms with Crippen molar-refractivity contribution < 1.29 is 9.47 Å². The van der Waals surface area contributed by atoms with Gasteiger partial charge in [-0.3, -0.25) is 0 Å². The molecule has 2 heterocycles. The fourth-order valence-corrected chi connectivity index (χ4v) is 2.50. The van der Waals surface area contributed by atoms with E-state index in [1.807, 2.05) is 30.3 Å². The Kier molecular flexibility index (Phi) is 3.39. The van der Waals surface area contributed by atoms with Gasteiger partial charge in [-0.05, 0) is 5.56 Å². The lowest BCUT2D eigenvalue weighted by Crippen LogP contribution is -2.36. The number of rotatable bonds is 2. The molecule has 0 amide bonds. The van der Waals surface area contributed by atoms with Crippen molar-refractivity contribution in [1.82, 2.24) is 4.90 Å². The number of nitriles is 1. The highest BCUT2D eigenvalue weighted by molar-refractivity contribution is 5.32. The molecule has 0 aliphatic carbocycles. The minimum absolute atomic E-state index is 0.0336. The third-order valence-electron chi connectivity index (χ3n) is 3.51. The Morgan fingerprint density at radius 3 is 2.58 bits per heavy atom. The van der Waals surface area contributed by atoms with E-state index in [0.717, 1.165) is 30.1 Å². The molecule has 1 aromatic carbocycles. The van der Waals surface area contributed by atoms with Gasteiger partial charge >= 0.3 is 0 Å². The highest BCUT2D eigenvalue weighted by Gasteiger charge is 2.31. The van der Waals surface area contributed by atoms with E-state index in [4.69, 9.17) is 9.47 Å². The molecule has 0 N–H and O–H groups in total. The Hall–Kier alpha value is -1.99. The van der Waals surface area contributed by atoms with Crippen LogP contribution in [0.2, 0.25) is 0 Å². The second-order valence-electron chi connectivity index (χ2n) is 4.72. The predicted octanol–water partition coefficient (Wildman–Crippen LogP) is 2.22. The molecule has 1 atom stereocenters. The van der Waals surface area contributed by atoms with Crippen molar-refractivity contribution in [3.8, 4) is 6.07 Å². The topological polar surface area (TPSA) is 45.5 Å². The van der Waals surface area contributed by atoms with Gasteiger partial charge in [-0.15, -0.1) is 0 Å². The van der Waals surface area contributed by atoms with Crippen LogP contribution in [0.1, 0.15) is 18.1 Å². The molecule has 19 heavy (non-hydrogen) atoms. The second-order valence-corrected chi connectivity index (χ2v) is 4.72. The number of morpholine rings is 1. The zero-order valence-corrected chi connectivity index (χ0v) is 10.7. The van der Waals surface area contributed by atoms with Crippen LogP contribution in [0.25, 0.3) is 0 Å². The van der Waals surface area contributed by atoms with Crippen LogP contribution >= 0.6 is 0 Å². The fraction of sp³-hybridized carbons (Fsp3) is 0.400. The minimum atomic E-state index is -0.0336. The first-order valence-electron chi connectivity index (χ1n) is 6.56. The largest absolute Gasteiger partial charge is 0.470 e. The van der Waals surface area contributed by atoms with Crippen molar-refractivity contribution >= 4 is 0 Å². The summed E-state index contributed by atoms with van der Waals surface area (Å²) in [6, 6.07) is 12.4. The maximum absolute atomic E-state index is 9.29. The summed E-state index contributed by atoms with van der Waals surface area (Å²) in [5.41, 5.74) is 1.87. The smallest absolute Gasteiger partial charge is 0.204 e. The molecule has 4 nitrogen and oxygen atoms in total. The average Bonchev–Trinajstić information content (AvgIpc) is 2.93. The van der Waals surface area contributed by atoms with Crippen LogP contribution in [0.5, 0.6) is 0 Å². The Morgan fingerprint density at radius 2 is 1.89 bits per heavy atom. The summed E-state index contributed by atoms with van der Waals surface area (Å²) in [4.78, 5) is 2.12. The average molecular weight is 256 g/mol. The number of hydrogen-bond donors (Lipinski definition) is 0. The van der Waals surface area contributed by atoms with Crippen LogP contribution in [-0.2, 0) is 9.47 Å². The summed E-state index contributed by atoms with van der Waals surface area (Å²) in [5.74, 6) is 0.750. The summed E-state index contributed by atoms with van der Waals surface area (Å²) >= 11 is 0. The zero-order valence-electron chi connectivity index (χ0n) is 10.7. The van der Waals surface area contributed by atoms with Crippen molar-refractivity contribution in [3.05, 3.63) is 47.4 Å². The molecule has 2 aliphatic heterocycles. The van der Waals surface area contributed by atoms with E-state index >= 15 is 0 Å². The number of ether oxygens (including phenoxy) is 2. The summed E-state index contributed by atoms with van der Waals surface area (Å²) in [5, 5.41) is 9.29. The highest BCUT2D eigenvalue weighted by atomic mass is 16.5. The van der Waals surface area contributed by atoms with Crippen molar-refractivity contribution in [2.75, 3.05) is 26.3 Å². The summed E-state index contributed by atoms with van der Waals surface area (Å²) < 4.78 is 11.4. The van der Waals surface area contributed by atoms with Gasteiger partial charge in [0.05, 0.1) is 18.8 Å². The normalized spacial score (nSPS) is 23.1. The number of hydrogen-bond acceptors (Lipinski definition) is 4. The van der Waals surface area contributed by atoms with Crippen LogP contribution in [0.3, 0.4) is 0 Å². The molecule has 1 aromatic rings. The van der Waals surface area contributed by atoms with Gasteiger partial charge in [0.2, 0.25) is 5.88 Å². The summed E-state index contributed by atoms with van der Waals surface area (Å²) in [7, 11) is 0. The lowest BCUT2D eigenvalue weighted by atomic mass is 10.0. The monoisotopic (exact) mass is 256 g/mol. The first-order chi connectivity index (χ1) is 9.38. The van der Waals surface area contributed by atoms with Crippen molar-refractivity contribution in [2.45, 2.75) is 12.5 Å². The molecular formula is C15H16N2O2. The van der Waals surface area contributed by atoms with E-state index in [1.54, 1.807) is 0 Å². The Bertz CT molecular complexity index is 513. The van der Waals surface area contributed by atoms with Gasteiger partial charge in [0.1, 0.15) is 12.2 Å². The molecular weight excluding hydrogens is 240 g/mol. The van der Waals surface area contributed by atoms with Crippen LogP contribution in [0.4, 0.5) is 0 Å². The predicted molar refractivity (Wildman–Crippen MR) is 69.9 cm³/mol. The molecule has 3 rings (SSSR count). The molecule has 0 radical (unpaired) electrons. The minimum Gasteiger partial charge on any atom is -0.470 e. The third-order valence-corrected chi connectivity index (χ3v) is 3.51. The van der Waals surface area contributed by atoms with Crippen molar-refractivity contribution in [3.63, 3.8) is 0 Å². The number of benzene rings is 1. The second kappa shape index (κ2) is 5.33. The maximum atomic E-state index is 9.29. The van der Waals surface area contributed by atoms with Gasteiger partial charge < -0.3 is 14.4 Å². The molecule has 1 unspecified atom stereocenters. The first kappa shape index (κ1) is 12.1.